The minimum atomic E-state index is -0.620. The van der Waals surface area contributed by atoms with Gasteiger partial charge in [-0.25, -0.2) is 4.79 Å². The molecule has 152 valence electrons. The Bertz CT molecular complexity index is 1020. The number of hydrogen-bond acceptors (Lipinski definition) is 7. The molecule has 0 bridgehead atoms. The molecule has 1 aliphatic carbocycles. The van der Waals surface area contributed by atoms with Crippen molar-refractivity contribution in [2.45, 2.75) is 38.7 Å². The normalized spacial score (nSPS) is 21.4. The number of hydrogen-bond donors (Lipinski definition) is 1. The summed E-state index contributed by atoms with van der Waals surface area (Å²) in [7, 11) is 0. The summed E-state index contributed by atoms with van der Waals surface area (Å²) in [5.74, 6) is -1.45. The summed E-state index contributed by atoms with van der Waals surface area (Å²) in [6, 6.07) is 5.55. The maximum absolute atomic E-state index is 12.4. The maximum atomic E-state index is 12.4. The summed E-state index contributed by atoms with van der Waals surface area (Å²) in [4.78, 5) is 49.9. The fourth-order valence-corrected chi connectivity index (χ4v) is 4.22. The molecule has 8 heteroatoms. The molecule has 0 spiro atoms. The molecule has 1 saturated carbocycles. The number of aromatic hydroxyl groups is 1. The molecule has 1 aromatic carbocycles. The molecule has 1 aromatic heterocycles. The predicted molar refractivity (Wildman–Crippen MR) is 101 cm³/mol. The molecule has 2 fully saturated rings. The highest BCUT2D eigenvalue weighted by molar-refractivity contribution is 6.05. The molecule has 8 nitrogen and oxygen atoms in total. The molecular weight excluding hydrogens is 378 g/mol. The Balaban J connectivity index is 1.38. The monoisotopic (exact) mass is 399 g/mol. The van der Waals surface area contributed by atoms with Gasteiger partial charge in [0.05, 0.1) is 18.3 Å². The van der Waals surface area contributed by atoms with Crippen LogP contribution in [0, 0.1) is 11.8 Å². The Morgan fingerprint density at radius 1 is 1.10 bits per heavy atom. The van der Waals surface area contributed by atoms with Crippen LogP contribution in [-0.4, -0.2) is 34.3 Å². The minimum absolute atomic E-state index is 0.00898. The topological polar surface area (TPSA) is 114 Å². The number of phenols is 1. The number of carbonyl (C=O) groups is 3. The molecule has 1 aliphatic heterocycles. The van der Waals surface area contributed by atoms with Gasteiger partial charge in [-0.05, 0) is 25.0 Å². The van der Waals surface area contributed by atoms with Gasteiger partial charge in [-0.2, -0.15) is 0 Å². The number of benzene rings is 1. The molecule has 2 amide bonds. The first-order valence-electron chi connectivity index (χ1n) is 9.70. The Morgan fingerprint density at radius 3 is 2.48 bits per heavy atom. The molecular formula is C21H21NO7. The van der Waals surface area contributed by atoms with Crippen LogP contribution in [0.15, 0.2) is 33.5 Å². The van der Waals surface area contributed by atoms with E-state index in [0.29, 0.717) is 10.9 Å². The summed E-state index contributed by atoms with van der Waals surface area (Å²) in [5.41, 5.74) is 0.0216. The van der Waals surface area contributed by atoms with Crippen molar-refractivity contribution in [3.05, 3.63) is 40.2 Å². The third-order valence-corrected chi connectivity index (χ3v) is 5.67. The molecule has 1 saturated heterocycles. The van der Waals surface area contributed by atoms with E-state index in [9.17, 15) is 24.3 Å². The van der Waals surface area contributed by atoms with E-state index in [1.165, 1.54) is 23.1 Å². The number of esters is 1. The average Bonchev–Trinajstić information content (AvgIpc) is 2.94. The number of phenolic OH excluding ortho intramolecular Hbond substituents is 1. The maximum Gasteiger partial charge on any atom is 0.336 e. The Morgan fingerprint density at radius 2 is 1.79 bits per heavy atom. The van der Waals surface area contributed by atoms with Crippen molar-refractivity contribution in [3.8, 4) is 5.75 Å². The number of ether oxygens (including phenoxy) is 1. The molecule has 0 radical (unpaired) electrons. The number of likely N-dealkylation sites (tertiary alicyclic amines) is 1. The third kappa shape index (κ3) is 3.74. The standard InChI is InChI=1S/C21H21NO7/c23-13-5-6-14-12(9-19(25)29-17(14)10-13)11-28-18(24)7-8-22-20(26)15-3-1-2-4-16(15)21(22)27/h5-6,9-10,15-16,23H,1-4,7-8,11H2/t15-,16+. The number of rotatable bonds is 5. The van der Waals surface area contributed by atoms with Crippen molar-refractivity contribution in [2.24, 2.45) is 11.8 Å². The zero-order valence-corrected chi connectivity index (χ0v) is 15.8. The zero-order valence-electron chi connectivity index (χ0n) is 15.8. The number of nitrogens with zero attached hydrogens (tertiary/aromatic N) is 1. The molecule has 1 N–H and O–H groups in total. The lowest BCUT2D eigenvalue weighted by atomic mass is 9.81. The fraction of sp³-hybridized carbons (Fsp3) is 0.429. The van der Waals surface area contributed by atoms with Crippen LogP contribution in [0.2, 0.25) is 0 Å². The lowest BCUT2D eigenvalue weighted by Crippen LogP contribution is -2.33. The first-order valence-corrected chi connectivity index (χ1v) is 9.70. The first kappa shape index (κ1) is 19.2. The molecule has 0 unspecified atom stereocenters. The Hall–Kier alpha value is -3.16. The molecule has 2 aromatic rings. The quantitative estimate of drug-likeness (QED) is 0.465. The van der Waals surface area contributed by atoms with Crippen LogP contribution in [-0.2, 0) is 25.7 Å². The molecule has 2 atom stereocenters. The van der Waals surface area contributed by atoms with Gasteiger partial charge in [0.25, 0.3) is 0 Å². The highest BCUT2D eigenvalue weighted by atomic mass is 16.5. The van der Waals surface area contributed by atoms with Gasteiger partial charge in [-0.1, -0.05) is 12.8 Å². The van der Waals surface area contributed by atoms with Crippen molar-refractivity contribution in [2.75, 3.05) is 6.54 Å². The highest BCUT2D eigenvalue weighted by Crippen LogP contribution is 2.38. The van der Waals surface area contributed by atoms with Gasteiger partial charge in [0.1, 0.15) is 17.9 Å². The fourth-order valence-electron chi connectivity index (χ4n) is 4.22. The second-order valence-corrected chi connectivity index (χ2v) is 7.51. The SMILES string of the molecule is O=C(CCN1C(=O)[C@H]2CCCC[C@H]2C1=O)OCc1cc(=O)oc2cc(O)ccc12. The predicted octanol–water partition coefficient (Wildman–Crippen LogP) is 2.11. The van der Waals surface area contributed by atoms with Crippen molar-refractivity contribution < 1.29 is 28.6 Å². The van der Waals surface area contributed by atoms with Crippen LogP contribution in [0.3, 0.4) is 0 Å². The van der Waals surface area contributed by atoms with E-state index in [-0.39, 0.29) is 54.6 Å². The van der Waals surface area contributed by atoms with E-state index < -0.39 is 11.6 Å². The second-order valence-electron chi connectivity index (χ2n) is 7.51. The summed E-state index contributed by atoms with van der Waals surface area (Å²) < 4.78 is 10.3. The molecule has 4 rings (SSSR count). The number of amides is 2. The van der Waals surface area contributed by atoms with Gasteiger partial charge in [-0.3, -0.25) is 19.3 Å². The zero-order chi connectivity index (χ0) is 20.5. The van der Waals surface area contributed by atoms with E-state index >= 15 is 0 Å². The van der Waals surface area contributed by atoms with Crippen LogP contribution in [0.5, 0.6) is 5.75 Å². The lowest BCUT2D eigenvalue weighted by Gasteiger charge is -2.19. The van der Waals surface area contributed by atoms with Gasteiger partial charge in [0.15, 0.2) is 0 Å². The largest absolute Gasteiger partial charge is 0.508 e. The van der Waals surface area contributed by atoms with Crippen LogP contribution < -0.4 is 5.63 Å². The molecule has 29 heavy (non-hydrogen) atoms. The average molecular weight is 399 g/mol. The summed E-state index contributed by atoms with van der Waals surface area (Å²) >= 11 is 0. The second kappa shape index (κ2) is 7.69. The Labute approximate surface area is 166 Å². The van der Waals surface area contributed by atoms with Crippen LogP contribution in [0.4, 0.5) is 0 Å². The molecule has 2 heterocycles. The van der Waals surface area contributed by atoms with Crippen molar-refractivity contribution in [1.82, 2.24) is 4.90 Å². The van der Waals surface area contributed by atoms with Gasteiger partial charge in [0, 0.05) is 29.6 Å². The van der Waals surface area contributed by atoms with Crippen LogP contribution >= 0.6 is 0 Å². The van der Waals surface area contributed by atoms with Crippen LogP contribution in [0.1, 0.15) is 37.7 Å². The summed E-state index contributed by atoms with van der Waals surface area (Å²) in [6.07, 6.45) is 3.27. The van der Waals surface area contributed by atoms with Crippen molar-refractivity contribution in [1.29, 1.82) is 0 Å². The number of imide groups is 1. The van der Waals surface area contributed by atoms with Crippen LogP contribution in [0.25, 0.3) is 11.0 Å². The van der Waals surface area contributed by atoms with Gasteiger partial charge in [0.2, 0.25) is 11.8 Å². The van der Waals surface area contributed by atoms with E-state index in [4.69, 9.17) is 9.15 Å². The summed E-state index contributed by atoms with van der Waals surface area (Å²) in [6.45, 7) is -0.145. The number of fused-ring (bicyclic) bond motifs is 2. The van der Waals surface area contributed by atoms with E-state index in [2.05, 4.69) is 0 Å². The smallest absolute Gasteiger partial charge is 0.336 e. The number of carbonyl (C=O) groups excluding carboxylic acids is 3. The Kier molecular flexibility index (Phi) is 5.08. The van der Waals surface area contributed by atoms with Crippen molar-refractivity contribution in [3.63, 3.8) is 0 Å². The lowest BCUT2D eigenvalue weighted by molar-refractivity contribution is -0.146. The van der Waals surface area contributed by atoms with E-state index in [1.54, 1.807) is 6.07 Å². The minimum Gasteiger partial charge on any atom is -0.508 e. The summed E-state index contributed by atoms with van der Waals surface area (Å²) in [5, 5.41) is 10.1. The van der Waals surface area contributed by atoms with E-state index in [1.807, 2.05) is 0 Å². The third-order valence-electron chi connectivity index (χ3n) is 5.67. The first-order chi connectivity index (χ1) is 13.9. The van der Waals surface area contributed by atoms with Gasteiger partial charge in [-0.15, -0.1) is 0 Å². The van der Waals surface area contributed by atoms with E-state index in [0.717, 1.165) is 25.7 Å². The highest BCUT2D eigenvalue weighted by Gasteiger charge is 2.47. The van der Waals surface area contributed by atoms with Crippen molar-refractivity contribution >= 4 is 28.8 Å². The van der Waals surface area contributed by atoms with Gasteiger partial charge >= 0.3 is 11.6 Å². The molecule has 2 aliphatic rings. The van der Waals surface area contributed by atoms with Gasteiger partial charge < -0.3 is 14.3 Å².